The predicted octanol–water partition coefficient (Wildman–Crippen LogP) is 11.4. The highest BCUT2D eigenvalue weighted by Gasteiger charge is 2.50. The summed E-state index contributed by atoms with van der Waals surface area (Å²) in [4.78, 5) is 10.4. The van der Waals surface area contributed by atoms with Gasteiger partial charge >= 0.3 is 0 Å². The van der Waals surface area contributed by atoms with Gasteiger partial charge in [-0.15, -0.1) is 0 Å². The van der Waals surface area contributed by atoms with E-state index in [0.29, 0.717) is 5.82 Å². The molecule has 0 saturated heterocycles. The first-order chi connectivity index (χ1) is 25.3. The fourth-order valence-electron chi connectivity index (χ4n) is 8.55. The highest BCUT2D eigenvalue weighted by Crippen LogP contribution is 2.60. The number of hydrogen-bond acceptors (Lipinski definition) is 3. The Kier molecular flexibility index (Phi) is 5.84. The Bertz CT molecular complexity index is 2780. The first-order valence-electron chi connectivity index (χ1n) is 17.3. The molecular formula is C47H29N3O. The lowest BCUT2D eigenvalue weighted by molar-refractivity contribution is 0.434. The normalized spacial score (nSPS) is 15.3. The molecule has 238 valence electrons. The van der Waals surface area contributed by atoms with Crippen LogP contribution in [-0.2, 0) is 5.41 Å². The summed E-state index contributed by atoms with van der Waals surface area (Å²) in [7, 11) is 0. The van der Waals surface area contributed by atoms with Crippen LogP contribution in [0.3, 0.4) is 0 Å². The first-order valence-corrected chi connectivity index (χ1v) is 17.3. The van der Waals surface area contributed by atoms with Crippen LogP contribution in [0.5, 0.6) is 11.5 Å². The smallest absolute Gasteiger partial charge is 0.160 e. The van der Waals surface area contributed by atoms with Crippen molar-refractivity contribution in [2.24, 2.45) is 0 Å². The van der Waals surface area contributed by atoms with Gasteiger partial charge in [0.1, 0.15) is 11.5 Å². The Morgan fingerprint density at radius 3 is 1.82 bits per heavy atom. The van der Waals surface area contributed by atoms with Crippen molar-refractivity contribution in [1.29, 1.82) is 0 Å². The average molecular weight is 652 g/mol. The van der Waals surface area contributed by atoms with Crippen molar-refractivity contribution in [3.8, 4) is 51.1 Å². The maximum absolute atomic E-state index is 6.79. The third kappa shape index (κ3) is 3.90. The molecule has 0 bridgehead atoms. The lowest BCUT2D eigenvalue weighted by Gasteiger charge is -2.45. The molecule has 0 amide bonds. The molecule has 0 saturated carbocycles. The summed E-state index contributed by atoms with van der Waals surface area (Å²) < 4.78 is 9.25. The predicted molar refractivity (Wildman–Crippen MR) is 205 cm³/mol. The zero-order valence-corrected chi connectivity index (χ0v) is 27.5. The number of hydrogen-bond donors (Lipinski definition) is 0. The summed E-state index contributed by atoms with van der Waals surface area (Å²) in [5.74, 6) is 2.36. The van der Waals surface area contributed by atoms with Crippen LogP contribution in [0.2, 0.25) is 0 Å². The van der Waals surface area contributed by atoms with Gasteiger partial charge in [-0.3, -0.25) is 0 Å². The lowest BCUT2D eigenvalue weighted by atomic mass is 9.61. The third-order valence-electron chi connectivity index (χ3n) is 10.7. The number of nitrogens with zero attached hydrogens (tertiary/aromatic N) is 3. The van der Waals surface area contributed by atoms with E-state index in [1.807, 2.05) is 12.1 Å². The van der Waals surface area contributed by atoms with E-state index in [-0.39, 0.29) is 0 Å². The third-order valence-corrected chi connectivity index (χ3v) is 10.7. The first kappa shape index (κ1) is 28.1. The molecule has 4 nitrogen and oxygen atoms in total. The van der Waals surface area contributed by atoms with Gasteiger partial charge in [0.15, 0.2) is 5.82 Å². The Morgan fingerprint density at radius 2 is 1.04 bits per heavy atom. The molecule has 2 aromatic heterocycles. The quantitative estimate of drug-likeness (QED) is 0.191. The Hall–Kier alpha value is -6.78. The second-order valence-electron chi connectivity index (χ2n) is 13.3. The number of rotatable bonds is 3. The number of benzene rings is 7. The van der Waals surface area contributed by atoms with Crippen LogP contribution in [-0.4, -0.2) is 14.5 Å². The molecule has 0 N–H and O–H groups in total. The minimum absolute atomic E-state index is 0.667. The average Bonchev–Trinajstić information content (AvgIpc) is 3.55. The van der Waals surface area contributed by atoms with E-state index in [1.54, 1.807) is 0 Å². The molecule has 1 spiro atoms. The molecule has 9 aromatic rings. The van der Waals surface area contributed by atoms with Crippen molar-refractivity contribution in [2.75, 3.05) is 0 Å². The molecule has 2 aliphatic heterocycles. The minimum Gasteiger partial charge on any atom is -0.457 e. The molecule has 11 rings (SSSR count). The zero-order chi connectivity index (χ0) is 33.5. The summed E-state index contributed by atoms with van der Waals surface area (Å²) >= 11 is 0. The van der Waals surface area contributed by atoms with Crippen LogP contribution in [0, 0.1) is 0 Å². The van der Waals surface area contributed by atoms with Gasteiger partial charge in [-0.2, -0.15) is 0 Å². The molecule has 0 fully saturated rings. The highest BCUT2D eigenvalue weighted by atomic mass is 16.5. The lowest BCUT2D eigenvalue weighted by Crippen LogP contribution is -2.37. The molecule has 0 aliphatic carbocycles. The van der Waals surface area contributed by atoms with Crippen molar-refractivity contribution >= 4 is 21.8 Å². The summed E-state index contributed by atoms with van der Waals surface area (Å²) in [5.41, 5.74) is 12.4. The van der Waals surface area contributed by atoms with Gasteiger partial charge < -0.3 is 9.30 Å². The van der Waals surface area contributed by atoms with Gasteiger partial charge in [0, 0.05) is 38.6 Å². The van der Waals surface area contributed by atoms with Gasteiger partial charge in [-0.1, -0.05) is 133 Å². The summed E-state index contributed by atoms with van der Waals surface area (Å²) in [6.45, 7) is 0. The van der Waals surface area contributed by atoms with E-state index < -0.39 is 5.41 Å². The van der Waals surface area contributed by atoms with Crippen LogP contribution in [0.1, 0.15) is 22.3 Å². The van der Waals surface area contributed by atoms with E-state index in [2.05, 4.69) is 168 Å². The maximum atomic E-state index is 6.79. The number of ether oxygens (including phenoxy) is 1. The van der Waals surface area contributed by atoms with E-state index in [1.165, 1.54) is 38.6 Å². The molecule has 1 unspecified atom stereocenters. The van der Waals surface area contributed by atoms with Crippen LogP contribution in [0.4, 0.5) is 0 Å². The standard InChI is InChI=1S/C47H29N3O/c1-3-14-30(15-4-1)39-29-40(31-16-5-2-6-17-31)49-46(48-39)32-26-27-44-38(28-32)47(36-21-9-12-25-43(36)51-44)35-20-8-11-24-42(35)50-41-23-10-7-18-33(41)34-19-13-22-37(47)45(34)50/h1-29H. The van der Waals surface area contributed by atoms with Crippen LogP contribution in [0.25, 0.3) is 61.4 Å². The summed E-state index contributed by atoms with van der Waals surface area (Å²) in [6.07, 6.45) is 0. The van der Waals surface area contributed by atoms with Gasteiger partial charge in [-0.25, -0.2) is 9.97 Å². The number of fused-ring (bicyclic) bond motifs is 11. The Morgan fingerprint density at radius 1 is 0.431 bits per heavy atom. The fraction of sp³-hybridized carbons (Fsp3) is 0.0213. The molecule has 0 radical (unpaired) electrons. The maximum Gasteiger partial charge on any atom is 0.160 e. The number of para-hydroxylation sites is 4. The van der Waals surface area contributed by atoms with Gasteiger partial charge in [0.05, 0.1) is 33.5 Å². The van der Waals surface area contributed by atoms with Crippen LogP contribution >= 0.6 is 0 Å². The van der Waals surface area contributed by atoms with Crippen LogP contribution in [0.15, 0.2) is 176 Å². The Balaban J connectivity index is 1.24. The number of aromatic nitrogens is 3. The van der Waals surface area contributed by atoms with Gasteiger partial charge in [0.25, 0.3) is 0 Å². The van der Waals surface area contributed by atoms with Crippen molar-refractivity contribution in [3.63, 3.8) is 0 Å². The van der Waals surface area contributed by atoms with E-state index >= 15 is 0 Å². The van der Waals surface area contributed by atoms with E-state index in [9.17, 15) is 0 Å². The van der Waals surface area contributed by atoms with Gasteiger partial charge in [-0.05, 0) is 53.6 Å². The molecule has 4 heteroatoms. The van der Waals surface area contributed by atoms with E-state index in [0.717, 1.165) is 50.7 Å². The zero-order valence-electron chi connectivity index (χ0n) is 27.5. The van der Waals surface area contributed by atoms with Crippen molar-refractivity contribution in [2.45, 2.75) is 5.41 Å². The largest absolute Gasteiger partial charge is 0.457 e. The highest BCUT2D eigenvalue weighted by molar-refractivity contribution is 6.12. The molecule has 1 atom stereocenters. The van der Waals surface area contributed by atoms with E-state index in [4.69, 9.17) is 14.7 Å². The second kappa shape index (κ2) is 10.6. The molecule has 4 heterocycles. The molecule has 51 heavy (non-hydrogen) atoms. The van der Waals surface area contributed by atoms with Crippen molar-refractivity contribution < 1.29 is 4.74 Å². The molecule has 7 aromatic carbocycles. The van der Waals surface area contributed by atoms with Crippen molar-refractivity contribution in [3.05, 3.63) is 198 Å². The van der Waals surface area contributed by atoms with Crippen LogP contribution < -0.4 is 4.74 Å². The molecular weight excluding hydrogens is 623 g/mol. The summed E-state index contributed by atoms with van der Waals surface area (Å²) in [6, 6.07) is 62.2. The second-order valence-corrected chi connectivity index (χ2v) is 13.3. The Labute approximate surface area is 294 Å². The SMILES string of the molecule is c1ccc(-c2cc(-c3ccccc3)nc(-c3ccc4c(c3)C3(c5ccccc5O4)c4ccccc4-n4c5ccccc5c5cccc3c54)n2)cc1. The van der Waals surface area contributed by atoms with Gasteiger partial charge in [0.2, 0.25) is 0 Å². The monoisotopic (exact) mass is 651 g/mol. The topological polar surface area (TPSA) is 39.9 Å². The summed E-state index contributed by atoms with van der Waals surface area (Å²) in [5, 5.41) is 2.49. The minimum atomic E-state index is -0.667. The fourth-order valence-corrected chi connectivity index (χ4v) is 8.55. The van der Waals surface area contributed by atoms with Crippen molar-refractivity contribution in [1.82, 2.24) is 14.5 Å². The molecule has 2 aliphatic rings.